The third-order valence-electron chi connectivity index (χ3n) is 3.50. The molecule has 1 amide bonds. The molecule has 1 N–H and O–H groups in total. The van der Waals surface area contributed by atoms with Crippen molar-refractivity contribution in [3.63, 3.8) is 0 Å². The molecule has 2 heterocycles. The fourth-order valence-electron chi connectivity index (χ4n) is 2.30. The van der Waals surface area contributed by atoms with Gasteiger partial charge in [-0.15, -0.1) is 0 Å². The molecule has 1 saturated heterocycles. The van der Waals surface area contributed by atoms with Crippen molar-refractivity contribution in [2.24, 2.45) is 0 Å². The minimum atomic E-state index is -3.62. The van der Waals surface area contributed by atoms with E-state index in [2.05, 4.69) is 5.32 Å². The molecule has 1 aromatic heterocycles. The molecule has 0 saturated carbocycles. The van der Waals surface area contributed by atoms with Crippen molar-refractivity contribution in [1.82, 2.24) is 4.31 Å². The Morgan fingerprint density at radius 2 is 1.92 bits per heavy atom. The largest absolute Gasteiger partial charge is 0.440 e. The number of sulfonamides is 1. The molecule has 0 aliphatic carbocycles. The van der Waals surface area contributed by atoms with E-state index in [1.165, 1.54) is 28.6 Å². The molecule has 0 bridgehead atoms. The SMILES string of the molecule is O=C(Nc1cccc(S(=O)(=O)N2CCOCC2)c1)c1ccc(Cl)o1. The summed E-state index contributed by atoms with van der Waals surface area (Å²) in [6.07, 6.45) is 0. The Kier molecular flexibility index (Phi) is 4.91. The number of rotatable bonds is 4. The third kappa shape index (κ3) is 3.62. The topological polar surface area (TPSA) is 88.9 Å². The molecule has 0 unspecified atom stereocenters. The van der Waals surface area contributed by atoms with Gasteiger partial charge in [-0.25, -0.2) is 8.42 Å². The number of hydrogen-bond acceptors (Lipinski definition) is 5. The van der Waals surface area contributed by atoms with Gasteiger partial charge in [0, 0.05) is 18.8 Å². The molecule has 2 aromatic rings. The van der Waals surface area contributed by atoms with Crippen molar-refractivity contribution < 1.29 is 22.4 Å². The second-order valence-corrected chi connectivity index (χ2v) is 7.41. The first-order valence-corrected chi connectivity index (χ1v) is 9.03. The van der Waals surface area contributed by atoms with E-state index in [4.69, 9.17) is 20.8 Å². The summed E-state index contributed by atoms with van der Waals surface area (Å²) in [4.78, 5) is 12.2. The summed E-state index contributed by atoms with van der Waals surface area (Å²) in [5, 5.41) is 2.69. The number of ether oxygens (including phenoxy) is 1. The van der Waals surface area contributed by atoms with Gasteiger partial charge >= 0.3 is 0 Å². The van der Waals surface area contributed by atoms with Gasteiger partial charge in [0.25, 0.3) is 5.91 Å². The average molecular weight is 371 g/mol. The van der Waals surface area contributed by atoms with Crippen molar-refractivity contribution >= 4 is 33.2 Å². The number of amides is 1. The fraction of sp³-hybridized carbons (Fsp3) is 0.267. The van der Waals surface area contributed by atoms with Crippen molar-refractivity contribution in [1.29, 1.82) is 0 Å². The van der Waals surface area contributed by atoms with Crippen LogP contribution in [0.1, 0.15) is 10.6 Å². The molecule has 0 atom stereocenters. The Bertz CT molecular complexity index is 843. The summed E-state index contributed by atoms with van der Waals surface area (Å²) in [5.41, 5.74) is 0.349. The molecule has 3 rings (SSSR count). The van der Waals surface area contributed by atoms with Crippen molar-refractivity contribution in [3.8, 4) is 0 Å². The average Bonchev–Trinajstić information content (AvgIpc) is 3.02. The highest BCUT2D eigenvalue weighted by Crippen LogP contribution is 2.21. The van der Waals surface area contributed by atoms with E-state index < -0.39 is 15.9 Å². The number of carbonyl (C=O) groups excluding carboxylic acids is 1. The van der Waals surface area contributed by atoms with Crippen LogP contribution in [0.4, 0.5) is 5.69 Å². The second kappa shape index (κ2) is 6.94. The lowest BCUT2D eigenvalue weighted by atomic mass is 10.3. The van der Waals surface area contributed by atoms with Crippen molar-refractivity contribution in [2.45, 2.75) is 4.90 Å². The van der Waals surface area contributed by atoms with Crippen LogP contribution < -0.4 is 5.32 Å². The standard InChI is InChI=1S/C15H15ClN2O5S/c16-14-5-4-13(23-14)15(19)17-11-2-1-3-12(10-11)24(20,21)18-6-8-22-9-7-18/h1-5,10H,6-9H2,(H,17,19). The Morgan fingerprint density at radius 1 is 1.17 bits per heavy atom. The minimum absolute atomic E-state index is 0.0430. The van der Waals surface area contributed by atoms with E-state index in [1.54, 1.807) is 12.1 Å². The van der Waals surface area contributed by atoms with Gasteiger partial charge in [0.1, 0.15) is 0 Å². The van der Waals surface area contributed by atoms with Gasteiger partial charge in [-0.1, -0.05) is 6.07 Å². The number of hydrogen-bond donors (Lipinski definition) is 1. The molecule has 128 valence electrons. The molecule has 0 radical (unpaired) electrons. The fourth-order valence-corrected chi connectivity index (χ4v) is 3.90. The molecule has 1 aliphatic heterocycles. The molecule has 7 nitrogen and oxygen atoms in total. The van der Waals surface area contributed by atoms with E-state index in [-0.39, 0.29) is 15.9 Å². The Hall–Kier alpha value is -1.87. The third-order valence-corrected chi connectivity index (χ3v) is 5.59. The van der Waals surface area contributed by atoms with Crippen LogP contribution in [0.5, 0.6) is 0 Å². The van der Waals surface area contributed by atoms with E-state index in [1.807, 2.05) is 0 Å². The number of benzene rings is 1. The van der Waals surface area contributed by atoms with Crippen LogP contribution in [0.3, 0.4) is 0 Å². The predicted molar refractivity (Wildman–Crippen MR) is 87.7 cm³/mol. The van der Waals surface area contributed by atoms with Gasteiger partial charge in [0.15, 0.2) is 11.0 Å². The molecule has 1 aromatic carbocycles. The Balaban J connectivity index is 1.80. The number of anilines is 1. The summed E-state index contributed by atoms with van der Waals surface area (Å²) in [6, 6.07) is 8.96. The minimum Gasteiger partial charge on any atom is -0.440 e. The van der Waals surface area contributed by atoms with E-state index >= 15 is 0 Å². The highest BCUT2D eigenvalue weighted by Gasteiger charge is 2.26. The van der Waals surface area contributed by atoms with E-state index in [0.29, 0.717) is 32.0 Å². The maximum absolute atomic E-state index is 12.6. The number of carbonyl (C=O) groups is 1. The molecule has 1 aliphatic rings. The van der Waals surface area contributed by atoms with Crippen LogP contribution in [0.25, 0.3) is 0 Å². The summed E-state index contributed by atoms with van der Waals surface area (Å²) < 4.78 is 36.8. The molecule has 1 fully saturated rings. The Labute approximate surface area is 144 Å². The first kappa shape index (κ1) is 17.0. The highest BCUT2D eigenvalue weighted by molar-refractivity contribution is 7.89. The number of morpholine rings is 1. The van der Waals surface area contributed by atoms with E-state index in [0.717, 1.165) is 0 Å². The summed E-state index contributed by atoms with van der Waals surface area (Å²) in [5.74, 6) is -0.468. The maximum Gasteiger partial charge on any atom is 0.291 e. The number of nitrogens with zero attached hydrogens (tertiary/aromatic N) is 1. The summed E-state index contributed by atoms with van der Waals surface area (Å²) in [6.45, 7) is 1.36. The van der Waals surface area contributed by atoms with Crippen LogP contribution in [0, 0.1) is 0 Å². The van der Waals surface area contributed by atoms with Crippen molar-refractivity contribution in [2.75, 3.05) is 31.6 Å². The van der Waals surface area contributed by atoms with Crippen LogP contribution in [0.15, 0.2) is 45.7 Å². The molecular weight excluding hydrogens is 356 g/mol. The van der Waals surface area contributed by atoms with E-state index in [9.17, 15) is 13.2 Å². The molecule has 9 heteroatoms. The molecule has 24 heavy (non-hydrogen) atoms. The lowest BCUT2D eigenvalue weighted by molar-refractivity contribution is 0.0730. The van der Waals surface area contributed by atoms with Crippen LogP contribution >= 0.6 is 11.6 Å². The van der Waals surface area contributed by atoms with Gasteiger partial charge in [-0.2, -0.15) is 4.31 Å². The highest BCUT2D eigenvalue weighted by atomic mass is 35.5. The van der Waals surface area contributed by atoms with Gasteiger partial charge in [0.05, 0.1) is 18.1 Å². The summed E-state index contributed by atoms with van der Waals surface area (Å²) in [7, 11) is -3.62. The normalized spacial score (nSPS) is 16.0. The lowest BCUT2D eigenvalue weighted by Crippen LogP contribution is -2.40. The second-order valence-electron chi connectivity index (χ2n) is 5.10. The lowest BCUT2D eigenvalue weighted by Gasteiger charge is -2.26. The molecular formula is C15H15ClN2O5S. The first-order chi connectivity index (χ1) is 11.5. The van der Waals surface area contributed by atoms with Gasteiger partial charge in [-0.05, 0) is 41.9 Å². The number of furan rings is 1. The maximum atomic E-state index is 12.6. The number of halogens is 1. The zero-order valence-electron chi connectivity index (χ0n) is 12.6. The van der Waals surface area contributed by atoms with Crippen LogP contribution in [-0.2, 0) is 14.8 Å². The smallest absolute Gasteiger partial charge is 0.291 e. The van der Waals surface area contributed by atoms with Crippen molar-refractivity contribution in [3.05, 3.63) is 47.4 Å². The summed E-state index contributed by atoms with van der Waals surface area (Å²) >= 11 is 5.64. The zero-order chi connectivity index (χ0) is 17.2. The predicted octanol–water partition coefficient (Wildman–Crippen LogP) is 2.21. The Morgan fingerprint density at radius 3 is 2.58 bits per heavy atom. The van der Waals surface area contributed by atoms with Gasteiger partial charge in [0.2, 0.25) is 10.0 Å². The number of nitrogens with one attached hydrogen (secondary N) is 1. The van der Waals surface area contributed by atoms with Gasteiger partial charge in [-0.3, -0.25) is 4.79 Å². The van der Waals surface area contributed by atoms with Gasteiger partial charge < -0.3 is 14.5 Å². The monoisotopic (exact) mass is 370 g/mol. The van der Waals surface area contributed by atoms with Crippen LogP contribution in [0.2, 0.25) is 5.22 Å². The van der Waals surface area contributed by atoms with Crippen LogP contribution in [-0.4, -0.2) is 44.9 Å². The first-order valence-electron chi connectivity index (χ1n) is 7.21. The molecule has 0 spiro atoms. The zero-order valence-corrected chi connectivity index (χ0v) is 14.1. The quantitative estimate of drug-likeness (QED) is 0.891.